The number of aromatic nitrogens is 2. The van der Waals surface area contributed by atoms with E-state index >= 15 is 0 Å². The van der Waals surface area contributed by atoms with E-state index < -0.39 is 0 Å². The highest BCUT2D eigenvalue weighted by atomic mass is 32.1. The first-order valence-corrected chi connectivity index (χ1v) is 8.62. The number of nitrogens with zero attached hydrogens (tertiary/aromatic N) is 2. The Balaban J connectivity index is 2.10. The van der Waals surface area contributed by atoms with Crippen LogP contribution in [0.2, 0.25) is 0 Å². The lowest BCUT2D eigenvalue weighted by Gasteiger charge is -2.19. The molecule has 2 aromatic rings. The highest BCUT2D eigenvalue weighted by Gasteiger charge is 2.24. The molecule has 0 aliphatic heterocycles. The average molecular weight is 305 g/mol. The van der Waals surface area contributed by atoms with E-state index in [1.807, 2.05) is 6.92 Å². The highest BCUT2D eigenvalue weighted by Crippen LogP contribution is 2.38. The molecule has 1 aliphatic carbocycles. The molecule has 2 N–H and O–H groups in total. The summed E-state index contributed by atoms with van der Waals surface area (Å²) in [6, 6.07) is 0. The molecule has 3 rings (SSSR count). The van der Waals surface area contributed by atoms with Crippen LogP contribution in [0.1, 0.15) is 56.0 Å². The first kappa shape index (κ1) is 14.7. The third kappa shape index (κ3) is 2.64. The summed E-state index contributed by atoms with van der Waals surface area (Å²) in [5.41, 5.74) is 7.65. The van der Waals surface area contributed by atoms with Crippen molar-refractivity contribution in [3.8, 4) is 0 Å². The number of nitrogens with two attached hydrogens (primary N) is 1. The second kappa shape index (κ2) is 5.89. The van der Waals surface area contributed by atoms with Gasteiger partial charge < -0.3 is 10.5 Å². The van der Waals surface area contributed by atoms with Crippen molar-refractivity contribution in [2.45, 2.75) is 52.6 Å². The molecule has 0 amide bonds. The monoisotopic (exact) mass is 305 g/mol. The molecular formula is C16H23N3OS. The van der Waals surface area contributed by atoms with Crippen molar-refractivity contribution in [1.82, 2.24) is 9.97 Å². The predicted molar refractivity (Wildman–Crippen MR) is 87.7 cm³/mol. The number of aryl methyl sites for hydroxylation is 2. The van der Waals surface area contributed by atoms with Crippen LogP contribution in [-0.4, -0.2) is 16.6 Å². The number of nitrogen functional groups attached to an aromatic ring is 1. The van der Waals surface area contributed by atoms with Gasteiger partial charge in [-0.25, -0.2) is 9.97 Å². The number of ether oxygens (including phenoxy) is 1. The van der Waals surface area contributed by atoms with Crippen LogP contribution in [0.3, 0.4) is 0 Å². The van der Waals surface area contributed by atoms with Crippen LogP contribution in [0.15, 0.2) is 0 Å². The lowest BCUT2D eigenvalue weighted by Crippen LogP contribution is -2.15. The lowest BCUT2D eigenvalue weighted by atomic mass is 9.97. The van der Waals surface area contributed by atoms with Crippen LogP contribution in [0.5, 0.6) is 0 Å². The summed E-state index contributed by atoms with van der Waals surface area (Å²) in [7, 11) is 0. The molecule has 0 radical (unpaired) electrons. The third-order valence-electron chi connectivity index (χ3n) is 4.07. The molecule has 1 aliphatic rings. The summed E-state index contributed by atoms with van der Waals surface area (Å²) >= 11 is 1.79. The Morgan fingerprint density at radius 1 is 1.24 bits per heavy atom. The Labute approximate surface area is 129 Å². The Kier molecular flexibility index (Phi) is 4.13. The van der Waals surface area contributed by atoms with Crippen LogP contribution in [0.4, 0.5) is 5.82 Å². The van der Waals surface area contributed by atoms with E-state index in [1.165, 1.54) is 23.3 Å². The van der Waals surface area contributed by atoms with Crippen LogP contribution in [0, 0.1) is 5.92 Å². The van der Waals surface area contributed by atoms with Gasteiger partial charge in [-0.05, 0) is 44.1 Å². The van der Waals surface area contributed by atoms with Gasteiger partial charge in [0.2, 0.25) is 0 Å². The van der Waals surface area contributed by atoms with Gasteiger partial charge in [0.25, 0.3) is 0 Å². The Morgan fingerprint density at radius 3 is 2.71 bits per heavy atom. The molecule has 0 saturated heterocycles. The minimum atomic E-state index is -0.0826. The number of hydrogen-bond donors (Lipinski definition) is 1. The van der Waals surface area contributed by atoms with Gasteiger partial charge in [-0.3, -0.25) is 0 Å². The first-order chi connectivity index (χ1) is 10.1. The van der Waals surface area contributed by atoms with E-state index in [9.17, 15) is 0 Å². The zero-order valence-electron chi connectivity index (χ0n) is 13.0. The fraction of sp³-hybridized carbons (Fsp3) is 0.625. The summed E-state index contributed by atoms with van der Waals surface area (Å²) in [5.74, 6) is 1.69. The fourth-order valence-electron chi connectivity index (χ4n) is 3.07. The average Bonchev–Trinajstić information content (AvgIpc) is 2.82. The summed E-state index contributed by atoms with van der Waals surface area (Å²) in [4.78, 5) is 11.8. The number of hydrogen-bond acceptors (Lipinski definition) is 5. The minimum absolute atomic E-state index is 0.0826. The van der Waals surface area contributed by atoms with Gasteiger partial charge in [-0.2, -0.15) is 0 Å². The van der Waals surface area contributed by atoms with E-state index in [1.54, 1.807) is 11.3 Å². The van der Waals surface area contributed by atoms with Crippen molar-refractivity contribution in [3.63, 3.8) is 0 Å². The maximum absolute atomic E-state index is 6.26. The quantitative estimate of drug-likeness (QED) is 0.931. The number of thiophene rings is 1. The molecule has 5 heteroatoms. The molecule has 0 spiro atoms. The third-order valence-corrected chi connectivity index (χ3v) is 5.25. The van der Waals surface area contributed by atoms with Crippen LogP contribution in [0.25, 0.3) is 10.2 Å². The fourth-order valence-corrected chi connectivity index (χ4v) is 4.35. The van der Waals surface area contributed by atoms with E-state index in [4.69, 9.17) is 15.5 Å². The van der Waals surface area contributed by atoms with Crippen molar-refractivity contribution >= 4 is 27.4 Å². The minimum Gasteiger partial charge on any atom is -0.383 e. The zero-order valence-corrected chi connectivity index (χ0v) is 13.8. The van der Waals surface area contributed by atoms with Gasteiger partial charge in [-0.15, -0.1) is 11.3 Å². The molecule has 2 heterocycles. The van der Waals surface area contributed by atoms with Crippen LogP contribution in [-0.2, 0) is 17.6 Å². The van der Waals surface area contributed by atoms with Crippen molar-refractivity contribution in [2.75, 3.05) is 12.3 Å². The summed E-state index contributed by atoms with van der Waals surface area (Å²) in [6.45, 7) is 6.92. The van der Waals surface area contributed by atoms with Crippen LogP contribution >= 0.6 is 11.3 Å². The van der Waals surface area contributed by atoms with Gasteiger partial charge >= 0.3 is 0 Å². The maximum atomic E-state index is 6.26. The van der Waals surface area contributed by atoms with Crippen molar-refractivity contribution < 1.29 is 4.74 Å². The number of rotatable bonds is 4. The molecule has 2 aromatic heterocycles. The summed E-state index contributed by atoms with van der Waals surface area (Å²) in [6.07, 6.45) is 4.70. The Hall–Kier alpha value is -1.20. The number of fused-ring (bicyclic) bond motifs is 3. The molecular weight excluding hydrogens is 282 g/mol. The topological polar surface area (TPSA) is 61.0 Å². The van der Waals surface area contributed by atoms with E-state index in [0.29, 0.717) is 18.3 Å². The summed E-state index contributed by atoms with van der Waals surface area (Å²) in [5, 5.41) is 1.09. The molecule has 4 nitrogen and oxygen atoms in total. The van der Waals surface area contributed by atoms with Gasteiger partial charge in [0.05, 0.1) is 5.39 Å². The normalized spacial score (nSPS) is 16.4. The van der Waals surface area contributed by atoms with E-state index in [0.717, 1.165) is 28.9 Å². The van der Waals surface area contributed by atoms with Crippen molar-refractivity contribution in [2.24, 2.45) is 5.92 Å². The molecule has 0 fully saturated rings. The van der Waals surface area contributed by atoms with Crippen molar-refractivity contribution in [1.29, 1.82) is 0 Å². The van der Waals surface area contributed by atoms with Gasteiger partial charge in [-0.1, -0.05) is 13.8 Å². The standard InChI is InChI=1S/C16H23N3OS/c1-4-20-13(9(2)3)15-18-14(17)12-10-7-5-6-8-11(10)21-16(12)19-15/h9,13H,4-8H2,1-3H3,(H2,17,18,19). The van der Waals surface area contributed by atoms with Gasteiger partial charge in [0, 0.05) is 11.5 Å². The largest absolute Gasteiger partial charge is 0.383 e. The molecule has 0 aromatic carbocycles. The molecule has 1 atom stereocenters. The second-order valence-electron chi connectivity index (χ2n) is 5.98. The maximum Gasteiger partial charge on any atom is 0.161 e. The van der Waals surface area contributed by atoms with Gasteiger partial charge in [0.1, 0.15) is 16.8 Å². The first-order valence-electron chi connectivity index (χ1n) is 7.81. The number of anilines is 1. The SMILES string of the molecule is CCOC(c1nc(N)c2c3c(sc2n1)CCCC3)C(C)C. The molecule has 1 unspecified atom stereocenters. The molecule has 21 heavy (non-hydrogen) atoms. The molecule has 0 saturated carbocycles. The van der Waals surface area contributed by atoms with Crippen LogP contribution < -0.4 is 5.73 Å². The molecule has 0 bridgehead atoms. The van der Waals surface area contributed by atoms with Gasteiger partial charge in [0.15, 0.2) is 5.82 Å². The zero-order chi connectivity index (χ0) is 15.0. The smallest absolute Gasteiger partial charge is 0.161 e. The lowest BCUT2D eigenvalue weighted by molar-refractivity contribution is 0.0236. The molecule has 114 valence electrons. The van der Waals surface area contributed by atoms with E-state index in [2.05, 4.69) is 18.8 Å². The van der Waals surface area contributed by atoms with E-state index in [-0.39, 0.29) is 6.10 Å². The Bertz CT molecular complexity index is 650. The Morgan fingerprint density at radius 2 is 2.00 bits per heavy atom. The highest BCUT2D eigenvalue weighted by molar-refractivity contribution is 7.19. The summed E-state index contributed by atoms with van der Waals surface area (Å²) < 4.78 is 5.82. The predicted octanol–water partition coefficient (Wildman–Crippen LogP) is 3.89. The second-order valence-corrected chi connectivity index (χ2v) is 7.06. The van der Waals surface area contributed by atoms with Crippen molar-refractivity contribution in [3.05, 3.63) is 16.3 Å².